The van der Waals surface area contributed by atoms with E-state index in [2.05, 4.69) is 24.7 Å². The summed E-state index contributed by atoms with van der Waals surface area (Å²) in [6, 6.07) is 9.73. The van der Waals surface area contributed by atoms with Crippen molar-refractivity contribution in [3.05, 3.63) is 69.0 Å². The van der Waals surface area contributed by atoms with Crippen molar-refractivity contribution in [1.29, 1.82) is 0 Å². The van der Waals surface area contributed by atoms with Crippen molar-refractivity contribution < 1.29 is 52.6 Å². The maximum Gasteiger partial charge on any atom is 0.317 e. The number of carbonyl (C=O) groups is 4. The maximum atomic E-state index is 14.4. The van der Waals surface area contributed by atoms with E-state index in [0.29, 0.717) is 53.1 Å². The molecule has 1 fully saturated rings. The number of imide groups is 1. The lowest BCUT2D eigenvalue weighted by atomic mass is 9.93. The number of halogens is 3. The lowest BCUT2D eigenvalue weighted by Crippen LogP contribution is -2.32. The van der Waals surface area contributed by atoms with Crippen LogP contribution in [0.15, 0.2) is 47.5 Å². The van der Waals surface area contributed by atoms with Gasteiger partial charge in [0, 0.05) is 22.2 Å². The number of anilines is 1. The van der Waals surface area contributed by atoms with Crippen LogP contribution >= 0.6 is 30.8 Å². The van der Waals surface area contributed by atoms with E-state index in [1.807, 2.05) is 43.4 Å². The molecule has 0 bridgehead atoms. The molecule has 3 N–H and O–H groups in total. The number of rotatable bonds is 9. The molecule has 1 aliphatic carbocycles. The predicted octanol–water partition coefficient (Wildman–Crippen LogP) is 4.92. The van der Waals surface area contributed by atoms with Gasteiger partial charge in [0.1, 0.15) is 19.2 Å². The average molecular weight is 833 g/mol. The number of nitrogens with one attached hydrogen (secondary N) is 1. The number of carboxylic acids is 1. The molecule has 2 aliphatic heterocycles. The lowest BCUT2D eigenvalue weighted by molar-refractivity contribution is -0.193. The number of benzene rings is 2. The Hall–Kier alpha value is -3.45. The van der Waals surface area contributed by atoms with Crippen molar-refractivity contribution in [3.8, 4) is 18.1 Å². The molecular weight excluding hydrogens is 787 g/mol. The van der Waals surface area contributed by atoms with Crippen LogP contribution in [0.3, 0.4) is 0 Å². The number of hydrogen-bond donors (Lipinski definition) is 3. The number of nitrogens with zero attached hydrogens (tertiary/aromatic N) is 2. The number of aliphatic carboxylic acids is 1. The van der Waals surface area contributed by atoms with E-state index in [1.54, 1.807) is 6.92 Å². The number of terminal acetylenes is 1. The second-order valence-corrected chi connectivity index (χ2v) is 18.1. The van der Waals surface area contributed by atoms with Gasteiger partial charge in [-0.25, -0.2) is 14.4 Å². The smallest absolute Gasteiger partial charge is 0.317 e. The summed E-state index contributed by atoms with van der Waals surface area (Å²) >= 11 is 12.0. The molecule has 2 unspecified atom stereocenters. The molecule has 0 spiro atoms. The Balaban J connectivity index is 0.000000289. The number of carbonyl (C=O) groups excluding carboxylic acids is 3. The Bertz CT molecular complexity index is 1780. The van der Waals surface area contributed by atoms with Crippen LogP contribution in [0, 0.1) is 23.6 Å². The van der Waals surface area contributed by atoms with Gasteiger partial charge in [0.05, 0.1) is 60.9 Å². The first-order valence-corrected chi connectivity index (χ1v) is 21.4. The van der Waals surface area contributed by atoms with Gasteiger partial charge < -0.3 is 24.2 Å². The summed E-state index contributed by atoms with van der Waals surface area (Å²) < 4.78 is 29.8. The zero-order valence-corrected chi connectivity index (χ0v) is 34.0. The highest BCUT2D eigenvalue weighted by Crippen LogP contribution is 2.40. The third kappa shape index (κ3) is 14.3. The second-order valence-electron chi connectivity index (χ2n) is 13.2. The standard InChI is InChI=1S/C18H15ClFNO3.C12H14ClNO2.C3H8NO5P.C3H9S/c1-3-10(2)24-16-9-15(14(20)8-13(16)19)21-17(22)11-6-4-5-7-12(11)18(21)23;1-12(2)8-16-14(11(12)15)7-9-5-3-4-6-10(9)13;5-3(6)1-4-2-10(7,8)9;1-4(2)3/h1,8-10H,4-7H2,2H3;3-6H,7-8H2,1-2H3;4H,1-2H2,(H,5,6)(H2,7,8,9);1-3H3/q;;;+1/p-1. The van der Waals surface area contributed by atoms with Crippen molar-refractivity contribution in [1.82, 2.24) is 10.4 Å². The number of amides is 3. The molecule has 13 nitrogen and oxygen atoms in total. The summed E-state index contributed by atoms with van der Waals surface area (Å²) in [5, 5.41) is 12.0. The zero-order valence-electron chi connectivity index (χ0n) is 30.8. The van der Waals surface area contributed by atoms with Crippen molar-refractivity contribution in [2.45, 2.75) is 59.1 Å². The van der Waals surface area contributed by atoms with E-state index in [9.17, 15) is 33.0 Å². The second kappa shape index (κ2) is 21.0. The van der Waals surface area contributed by atoms with Crippen LogP contribution in [-0.2, 0) is 46.0 Å². The monoisotopic (exact) mass is 831 g/mol. The molecule has 296 valence electrons. The third-order valence-corrected chi connectivity index (χ3v) is 8.70. The molecule has 2 aromatic rings. The van der Waals surface area contributed by atoms with Crippen molar-refractivity contribution in [2.75, 3.05) is 43.1 Å². The van der Waals surface area contributed by atoms with Crippen LogP contribution < -0.4 is 19.8 Å². The maximum absolute atomic E-state index is 14.4. The summed E-state index contributed by atoms with van der Waals surface area (Å²) in [5.74, 6) is -0.359. The molecule has 0 saturated carbocycles. The Morgan fingerprint density at radius 1 is 1.13 bits per heavy atom. The highest BCUT2D eigenvalue weighted by molar-refractivity contribution is 7.94. The molecule has 3 aliphatic rings. The Kier molecular flexibility index (Phi) is 18.2. The number of hydrogen-bond acceptors (Lipinski definition) is 9. The minimum Gasteiger partial charge on any atom is -0.778 e. The van der Waals surface area contributed by atoms with Gasteiger partial charge in [-0.3, -0.25) is 29.3 Å². The van der Waals surface area contributed by atoms with Gasteiger partial charge in [0.25, 0.3) is 17.7 Å². The summed E-state index contributed by atoms with van der Waals surface area (Å²) in [7, 11) is -3.71. The fourth-order valence-corrected chi connectivity index (χ4v) is 5.65. The SMILES string of the molecule is C#CC(C)Oc1cc(N2C(=O)C3=C(CCCC3)C2=O)c(F)cc1Cl.CC1(C)CON(Cc2ccccc2Cl)C1=O.C[S+](C)C.O=C(O)CNCP(=O)([O-])O. The van der Waals surface area contributed by atoms with E-state index < -0.39 is 55.5 Å². The van der Waals surface area contributed by atoms with Gasteiger partial charge in [-0.2, -0.15) is 0 Å². The van der Waals surface area contributed by atoms with Crippen LogP contribution in [0.1, 0.15) is 52.0 Å². The van der Waals surface area contributed by atoms with Crippen molar-refractivity contribution in [2.24, 2.45) is 5.41 Å². The zero-order chi connectivity index (χ0) is 41.0. The van der Waals surface area contributed by atoms with E-state index in [-0.39, 0.29) is 22.4 Å². The van der Waals surface area contributed by atoms with Gasteiger partial charge in [0.15, 0.2) is 6.10 Å². The normalized spacial score (nSPS) is 17.6. The first-order chi connectivity index (χ1) is 25.1. The Morgan fingerprint density at radius 2 is 1.69 bits per heavy atom. The molecule has 3 amide bonds. The molecule has 2 atom stereocenters. The van der Waals surface area contributed by atoms with Crippen LogP contribution in [0.2, 0.25) is 10.0 Å². The molecule has 2 heterocycles. The van der Waals surface area contributed by atoms with E-state index >= 15 is 0 Å². The van der Waals surface area contributed by atoms with Gasteiger partial charge in [-0.05, 0) is 75.0 Å². The summed E-state index contributed by atoms with van der Waals surface area (Å²) in [5.41, 5.74) is 1.28. The minimum atomic E-state index is -4.35. The van der Waals surface area contributed by atoms with Crippen LogP contribution in [-0.4, -0.2) is 83.1 Å². The first-order valence-electron chi connectivity index (χ1n) is 16.4. The van der Waals surface area contributed by atoms with E-state index in [4.69, 9.17) is 49.2 Å². The quantitative estimate of drug-likeness (QED) is 0.135. The number of carboxylic acid groups (broad SMARTS) is 1. The summed E-state index contributed by atoms with van der Waals surface area (Å²) in [6.07, 6.45) is 13.3. The van der Waals surface area contributed by atoms with Gasteiger partial charge >= 0.3 is 5.97 Å². The van der Waals surface area contributed by atoms with Crippen LogP contribution in [0.25, 0.3) is 0 Å². The number of ether oxygens (including phenoxy) is 1. The molecular formula is C36H45Cl2FN3O10PS. The highest BCUT2D eigenvalue weighted by Gasteiger charge is 2.42. The van der Waals surface area contributed by atoms with E-state index in [0.717, 1.165) is 29.4 Å². The molecule has 18 heteroatoms. The molecule has 54 heavy (non-hydrogen) atoms. The fourth-order valence-electron chi connectivity index (χ4n) is 4.86. The van der Waals surface area contributed by atoms with Gasteiger partial charge in [0.2, 0.25) is 0 Å². The van der Waals surface area contributed by atoms with Crippen molar-refractivity contribution >= 4 is 71.1 Å². The lowest BCUT2D eigenvalue weighted by Gasteiger charge is -2.19. The molecule has 1 saturated heterocycles. The molecule has 5 rings (SSSR count). The predicted molar refractivity (Wildman–Crippen MR) is 206 cm³/mol. The first kappa shape index (κ1) is 46.7. The Labute approximate surface area is 327 Å². The summed E-state index contributed by atoms with van der Waals surface area (Å²) in [4.78, 5) is 71.0. The van der Waals surface area contributed by atoms with Crippen molar-refractivity contribution in [3.63, 3.8) is 0 Å². The molecule has 0 radical (unpaired) electrons. The number of hydroxylamine groups is 2. The summed E-state index contributed by atoms with van der Waals surface area (Å²) in [6.45, 7) is 5.74. The fraction of sp³-hybridized carbons (Fsp3) is 0.444. The highest BCUT2D eigenvalue weighted by atomic mass is 35.5. The average Bonchev–Trinajstić information content (AvgIpc) is 3.48. The Morgan fingerprint density at radius 3 is 2.15 bits per heavy atom. The van der Waals surface area contributed by atoms with Crippen LogP contribution in [0.4, 0.5) is 10.1 Å². The van der Waals surface area contributed by atoms with E-state index in [1.165, 1.54) is 11.1 Å². The van der Waals surface area contributed by atoms with Gasteiger partial charge in [-0.1, -0.05) is 47.3 Å². The topological polar surface area (TPSA) is 186 Å². The third-order valence-electron chi connectivity index (χ3n) is 7.42. The van der Waals surface area contributed by atoms with Crippen LogP contribution in [0.5, 0.6) is 5.75 Å². The minimum absolute atomic E-state index is 0.00687. The molecule has 2 aromatic carbocycles. The molecule has 0 aromatic heterocycles. The largest absolute Gasteiger partial charge is 0.778 e. The van der Waals surface area contributed by atoms with Gasteiger partial charge in [-0.15, -0.1) is 6.42 Å².